The topological polar surface area (TPSA) is 71.0 Å². The summed E-state index contributed by atoms with van der Waals surface area (Å²) in [5.41, 5.74) is 7.56. The van der Waals surface area contributed by atoms with Crippen molar-refractivity contribution in [1.82, 2.24) is 0 Å². The Kier molecular flexibility index (Phi) is 7.56. The number of fused-ring (bicyclic) bond motifs is 1. The minimum Gasteiger partial charge on any atom is -0.505 e. The first-order valence-electron chi connectivity index (χ1n) is 6.22. The Morgan fingerprint density at radius 1 is 0.773 bits per heavy atom. The molecule has 3 aromatic rings. The van der Waals surface area contributed by atoms with Crippen LogP contribution >= 0.6 is 0 Å². The smallest absolute Gasteiger partial charge is 0.152 e. The number of aromatic hydroxyl groups is 1. The van der Waals surface area contributed by atoms with E-state index in [2.05, 4.69) is 10.2 Å². The molecule has 0 aliphatic rings. The van der Waals surface area contributed by atoms with Gasteiger partial charge in [0.05, 0.1) is 5.69 Å². The summed E-state index contributed by atoms with van der Waals surface area (Å²) in [7, 11) is 0. The zero-order valence-electron chi connectivity index (χ0n) is 12.7. The molecule has 0 bridgehead atoms. The summed E-state index contributed by atoms with van der Waals surface area (Å²) in [4.78, 5) is 0. The van der Waals surface area contributed by atoms with E-state index in [0.717, 1.165) is 11.1 Å². The predicted octanol–water partition coefficient (Wildman–Crippen LogP) is 3.78. The fourth-order valence-electron chi connectivity index (χ4n) is 2.06. The van der Waals surface area contributed by atoms with E-state index >= 15 is 0 Å². The average molecular weight is 309 g/mol. The van der Waals surface area contributed by atoms with Crippen molar-refractivity contribution in [3.63, 3.8) is 0 Å². The van der Waals surface area contributed by atoms with Gasteiger partial charge in [-0.2, -0.15) is 5.11 Å². The number of anilines is 1. The molecule has 0 atom stereocenters. The molecule has 0 aliphatic heterocycles. The summed E-state index contributed by atoms with van der Waals surface area (Å²) in [5, 5.41) is 19.9. The van der Waals surface area contributed by atoms with E-state index in [1.54, 1.807) is 12.1 Å². The van der Waals surface area contributed by atoms with Crippen molar-refractivity contribution in [2.75, 3.05) is 5.73 Å². The molecule has 4 nitrogen and oxygen atoms in total. The van der Waals surface area contributed by atoms with Crippen molar-refractivity contribution in [3.8, 4) is 5.75 Å². The molecule has 0 saturated carbocycles. The molecule has 0 spiro atoms. The van der Waals surface area contributed by atoms with Gasteiger partial charge in [-0.25, -0.2) is 0 Å². The zero-order chi connectivity index (χ0) is 13.9. The number of phenolic OH excluding ortho intramolecular Hbond substituents is 1. The van der Waals surface area contributed by atoms with Crippen molar-refractivity contribution in [2.45, 2.75) is 0 Å². The summed E-state index contributed by atoms with van der Waals surface area (Å²) < 4.78 is 0. The van der Waals surface area contributed by atoms with Crippen molar-refractivity contribution < 1.29 is 5.11 Å². The van der Waals surface area contributed by atoms with E-state index in [9.17, 15) is 5.11 Å². The number of nitrogens with two attached hydrogens (primary N) is 1. The predicted molar refractivity (Wildman–Crippen MR) is 92.2 cm³/mol. The van der Waals surface area contributed by atoms with Crippen LogP contribution in [0.4, 0.5) is 17.1 Å². The van der Waals surface area contributed by atoms with Crippen molar-refractivity contribution >= 4 is 86.9 Å². The fourth-order valence-corrected chi connectivity index (χ4v) is 2.06. The van der Waals surface area contributed by atoms with Crippen LogP contribution in [0.25, 0.3) is 10.8 Å². The Hall–Kier alpha value is -0.880. The van der Waals surface area contributed by atoms with Crippen LogP contribution in [-0.2, 0) is 0 Å². The molecule has 3 N–H and O–H groups in total. The van der Waals surface area contributed by atoms with Crippen molar-refractivity contribution in [1.29, 1.82) is 0 Å². The number of hydrogen-bond donors (Lipinski definition) is 2. The molecule has 0 saturated heterocycles. The number of rotatable bonds is 2. The fraction of sp³-hybridized carbons (Fsp3) is 0. The minimum atomic E-state index is 0. The quantitative estimate of drug-likeness (QED) is 0.429. The molecule has 0 fully saturated rings. The second-order valence-electron chi connectivity index (χ2n) is 4.41. The van der Waals surface area contributed by atoms with Gasteiger partial charge in [0.15, 0.2) is 5.75 Å². The number of nitrogens with zero attached hydrogens (tertiary/aromatic N) is 2. The molecule has 0 heterocycles. The van der Waals surface area contributed by atoms with Crippen LogP contribution < -0.4 is 5.73 Å². The van der Waals surface area contributed by atoms with Gasteiger partial charge in [-0.05, 0) is 29.7 Å². The molecule has 100 valence electrons. The Morgan fingerprint density at radius 3 is 2.23 bits per heavy atom. The van der Waals surface area contributed by atoms with Crippen LogP contribution in [0, 0.1) is 0 Å². The van der Waals surface area contributed by atoms with E-state index in [4.69, 9.17) is 5.73 Å². The molecule has 22 heavy (non-hydrogen) atoms. The normalized spacial score (nSPS) is 10.2. The van der Waals surface area contributed by atoms with Gasteiger partial charge in [0, 0.05) is 70.2 Å². The van der Waals surface area contributed by atoms with Gasteiger partial charge in [0.1, 0.15) is 5.69 Å². The van der Waals surface area contributed by atoms with Gasteiger partial charge >= 0.3 is 0 Å². The van der Waals surface area contributed by atoms with Crippen molar-refractivity contribution in [2.24, 2.45) is 10.2 Å². The number of hydrogen-bond acceptors (Lipinski definition) is 4. The van der Waals surface area contributed by atoms with Gasteiger partial charge in [-0.1, -0.05) is 36.4 Å². The first-order chi connectivity index (χ1) is 9.75. The molecule has 0 aromatic heterocycles. The third kappa shape index (κ3) is 4.10. The van der Waals surface area contributed by atoms with Gasteiger partial charge in [0.25, 0.3) is 0 Å². The first-order valence-corrected chi connectivity index (χ1v) is 6.22. The number of azo groups is 1. The summed E-state index contributed by atoms with van der Waals surface area (Å²) in [6.07, 6.45) is 0. The second kappa shape index (κ2) is 8.67. The maximum Gasteiger partial charge on any atom is 0.152 e. The number of nitrogen functional groups attached to an aromatic ring is 1. The number of benzene rings is 3. The van der Waals surface area contributed by atoms with Gasteiger partial charge < -0.3 is 10.8 Å². The first kappa shape index (κ1) is 19.2. The molecule has 0 unspecified atom stereocenters. The second-order valence-corrected chi connectivity index (χ2v) is 4.41. The summed E-state index contributed by atoms with van der Waals surface area (Å²) in [6.45, 7) is 0. The van der Waals surface area contributed by atoms with Crippen LogP contribution in [0.5, 0.6) is 5.75 Å². The van der Waals surface area contributed by atoms with Crippen LogP contribution in [0.2, 0.25) is 0 Å². The zero-order valence-corrected chi connectivity index (χ0v) is 16.7. The van der Waals surface area contributed by atoms with Gasteiger partial charge in [0.2, 0.25) is 0 Å². The molecular weight excluding hydrogens is 296 g/mol. The molecule has 0 aliphatic carbocycles. The monoisotopic (exact) mass is 309 g/mol. The molecule has 3 rings (SSSR count). The molecule has 0 amide bonds. The third-order valence-corrected chi connectivity index (χ3v) is 3.06. The summed E-state index contributed by atoms with van der Waals surface area (Å²) in [6, 6.07) is 18.4. The summed E-state index contributed by atoms with van der Waals surface area (Å²) >= 11 is 0. The largest absolute Gasteiger partial charge is 0.505 e. The Labute approximate surface area is 173 Å². The van der Waals surface area contributed by atoms with E-state index in [1.165, 1.54) is 0 Å². The minimum absolute atomic E-state index is 0. The molecule has 3 aromatic carbocycles. The Morgan fingerprint density at radius 2 is 1.50 bits per heavy atom. The van der Waals surface area contributed by atoms with Crippen LogP contribution in [0.1, 0.15) is 0 Å². The Balaban J connectivity index is 0.00000121. The van der Waals surface area contributed by atoms with Crippen LogP contribution in [-0.4, -0.2) is 64.2 Å². The van der Waals surface area contributed by atoms with Crippen molar-refractivity contribution in [3.05, 3.63) is 60.7 Å². The standard InChI is InChI=1S/C16H13N3O.2Na/c17-13-8-4-5-11-9-10-14(16(20)15(11)13)19-18-12-6-2-1-3-7-12;;/h1-10,20H,17H2;;. The van der Waals surface area contributed by atoms with Gasteiger partial charge in [-0.3, -0.25) is 0 Å². The average Bonchev–Trinajstić information content (AvgIpc) is 2.48. The van der Waals surface area contributed by atoms with Crippen LogP contribution in [0.3, 0.4) is 0 Å². The van der Waals surface area contributed by atoms with Crippen LogP contribution in [0.15, 0.2) is 70.9 Å². The van der Waals surface area contributed by atoms with E-state index in [1.807, 2.05) is 48.5 Å². The van der Waals surface area contributed by atoms with Gasteiger partial charge in [-0.15, -0.1) is 5.11 Å². The van der Waals surface area contributed by atoms with E-state index in [-0.39, 0.29) is 64.9 Å². The third-order valence-electron chi connectivity index (χ3n) is 3.06. The molecule has 2 radical (unpaired) electrons. The summed E-state index contributed by atoms with van der Waals surface area (Å²) in [5.74, 6) is 0.0558. The number of phenols is 1. The molecular formula is C16H13N3Na2O. The van der Waals surface area contributed by atoms with E-state index < -0.39 is 0 Å². The molecule has 6 heteroatoms. The Bertz CT molecular complexity index is 792. The maximum absolute atomic E-state index is 10.3. The maximum atomic E-state index is 10.3. The van der Waals surface area contributed by atoms with E-state index in [0.29, 0.717) is 16.8 Å². The SMILES string of the molecule is Nc1cccc2ccc(N=Nc3ccccc3)c(O)c12.[Na].[Na].